The first-order chi connectivity index (χ1) is 12.2. The Balaban J connectivity index is 2.13. The molecule has 0 radical (unpaired) electrons. The summed E-state index contributed by atoms with van der Waals surface area (Å²) < 4.78 is 7.60. The number of para-hydroxylation sites is 2. The number of aromatic nitrogens is 3. The van der Waals surface area contributed by atoms with Gasteiger partial charge in [-0.1, -0.05) is 61.0 Å². The van der Waals surface area contributed by atoms with Gasteiger partial charge in [-0.3, -0.25) is 4.57 Å². The van der Waals surface area contributed by atoms with Crippen molar-refractivity contribution in [1.29, 1.82) is 0 Å². The lowest BCUT2D eigenvalue weighted by Crippen LogP contribution is -2.02. The monoisotopic (exact) mass is 373 g/mol. The average molecular weight is 374 g/mol. The molecule has 130 valence electrons. The summed E-state index contributed by atoms with van der Waals surface area (Å²) in [5.74, 6) is 2.54. The molecule has 0 aliphatic carbocycles. The number of rotatable bonds is 7. The standard InChI is InChI=1S/C19H20ClN3OS/c1-3-4-12-25-19-22-21-18(14-8-7-9-15(20)13-14)23(19)16-10-5-6-11-17(16)24-2/h5-11,13H,3-4,12H2,1-2H3. The Morgan fingerprint density at radius 3 is 2.72 bits per heavy atom. The molecule has 0 fully saturated rings. The second-order valence-electron chi connectivity index (χ2n) is 5.53. The van der Waals surface area contributed by atoms with Crippen molar-refractivity contribution in [2.24, 2.45) is 0 Å². The van der Waals surface area contributed by atoms with Crippen LogP contribution in [0.2, 0.25) is 5.02 Å². The summed E-state index contributed by atoms with van der Waals surface area (Å²) in [5.41, 5.74) is 1.84. The second kappa shape index (κ2) is 8.41. The minimum atomic E-state index is 0.673. The molecule has 25 heavy (non-hydrogen) atoms. The van der Waals surface area contributed by atoms with Crippen LogP contribution in [0, 0.1) is 0 Å². The highest BCUT2D eigenvalue weighted by Crippen LogP contribution is 2.33. The number of hydrogen-bond donors (Lipinski definition) is 0. The van der Waals surface area contributed by atoms with Crippen molar-refractivity contribution in [2.75, 3.05) is 12.9 Å². The fraction of sp³-hybridized carbons (Fsp3) is 0.263. The van der Waals surface area contributed by atoms with E-state index in [1.807, 2.05) is 53.1 Å². The lowest BCUT2D eigenvalue weighted by atomic mass is 10.2. The van der Waals surface area contributed by atoms with E-state index in [2.05, 4.69) is 17.1 Å². The van der Waals surface area contributed by atoms with Crippen LogP contribution in [0.4, 0.5) is 0 Å². The molecule has 0 aliphatic rings. The summed E-state index contributed by atoms with van der Waals surface area (Å²) in [6.45, 7) is 2.18. The Kier molecular flexibility index (Phi) is 6.00. The molecular formula is C19H20ClN3OS. The predicted octanol–water partition coefficient (Wildman–Crippen LogP) is 5.49. The van der Waals surface area contributed by atoms with Crippen LogP contribution in [0.15, 0.2) is 53.7 Å². The van der Waals surface area contributed by atoms with Gasteiger partial charge < -0.3 is 4.74 Å². The summed E-state index contributed by atoms with van der Waals surface area (Å²) in [7, 11) is 1.67. The van der Waals surface area contributed by atoms with Crippen molar-refractivity contribution < 1.29 is 4.74 Å². The lowest BCUT2D eigenvalue weighted by Gasteiger charge is -2.14. The smallest absolute Gasteiger partial charge is 0.196 e. The van der Waals surface area contributed by atoms with E-state index in [1.54, 1.807) is 18.9 Å². The maximum atomic E-state index is 6.17. The molecule has 3 aromatic rings. The van der Waals surface area contributed by atoms with Crippen molar-refractivity contribution in [3.05, 3.63) is 53.6 Å². The van der Waals surface area contributed by atoms with Crippen LogP contribution in [0.3, 0.4) is 0 Å². The fourth-order valence-electron chi connectivity index (χ4n) is 2.52. The third-order valence-corrected chi connectivity index (χ3v) is 5.02. The number of halogens is 1. The van der Waals surface area contributed by atoms with Gasteiger partial charge in [0.1, 0.15) is 5.75 Å². The van der Waals surface area contributed by atoms with Crippen LogP contribution in [0.25, 0.3) is 17.1 Å². The highest BCUT2D eigenvalue weighted by Gasteiger charge is 2.18. The van der Waals surface area contributed by atoms with E-state index in [0.29, 0.717) is 5.02 Å². The third kappa shape index (κ3) is 3.99. The Hall–Kier alpha value is -1.98. The molecule has 0 bridgehead atoms. The lowest BCUT2D eigenvalue weighted by molar-refractivity contribution is 0.412. The first kappa shape index (κ1) is 17.8. The van der Waals surface area contributed by atoms with E-state index in [-0.39, 0.29) is 0 Å². The van der Waals surface area contributed by atoms with E-state index < -0.39 is 0 Å². The Morgan fingerprint density at radius 1 is 1.12 bits per heavy atom. The van der Waals surface area contributed by atoms with Gasteiger partial charge in [0, 0.05) is 16.3 Å². The molecule has 0 N–H and O–H groups in total. The van der Waals surface area contributed by atoms with Gasteiger partial charge in [0.05, 0.1) is 12.8 Å². The van der Waals surface area contributed by atoms with Crippen LogP contribution in [0.1, 0.15) is 19.8 Å². The minimum Gasteiger partial charge on any atom is -0.495 e. The Labute approximate surface area is 157 Å². The largest absolute Gasteiger partial charge is 0.495 e. The zero-order valence-electron chi connectivity index (χ0n) is 14.3. The summed E-state index contributed by atoms with van der Waals surface area (Å²) in [6.07, 6.45) is 2.28. The maximum Gasteiger partial charge on any atom is 0.196 e. The van der Waals surface area contributed by atoms with E-state index in [9.17, 15) is 0 Å². The number of thioether (sulfide) groups is 1. The molecule has 0 aliphatic heterocycles. The van der Waals surface area contributed by atoms with Gasteiger partial charge >= 0.3 is 0 Å². The molecule has 4 nitrogen and oxygen atoms in total. The number of hydrogen-bond acceptors (Lipinski definition) is 4. The number of ether oxygens (including phenoxy) is 1. The molecule has 0 saturated carbocycles. The second-order valence-corrected chi connectivity index (χ2v) is 7.02. The molecule has 3 rings (SSSR count). The zero-order valence-corrected chi connectivity index (χ0v) is 15.8. The quantitative estimate of drug-likeness (QED) is 0.405. The van der Waals surface area contributed by atoms with Gasteiger partial charge in [-0.05, 0) is 30.7 Å². The van der Waals surface area contributed by atoms with E-state index in [4.69, 9.17) is 16.3 Å². The molecule has 1 heterocycles. The first-order valence-corrected chi connectivity index (χ1v) is 9.58. The summed E-state index contributed by atoms with van der Waals surface area (Å²) in [5, 5.41) is 10.4. The minimum absolute atomic E-state index is 0.673. The number of benzene rings is 2. The van der Waals surface area contributed by atoms with Gasteiger partial charge in [-0.25, -0.2) is 0 Å². The maximum absolute atomic E-state index is 6.17. The Bertz CT molecular complexity index is 850. The van der Waals surface area contributed by atoms with Crippen LogP contribution in [-0.2, 0) is 0 Å². The molecular weight excluding hydrogens is 354 g/mol. The number of methoxy groups -OCH3 is 1. The highest BCUT2D eigenvalue weighted by atomic mass is 35.5. The van der Waals surface area contributed by atoms with Crippen molar-refractivity contribution in [2.45, 2.75) is 24.9 Å². The SMILES string of the molecule is CCCCSc1nnc(-c2cccc(Cl)c2)n1-c1ccccc1OC. The summed E-state index contributed by atoms with van der Waals surface area (Å²) in [6, 6.07) is 15.6. The van der Waals surface area contributed by atoms with Crippen LogP contribution in [0.5, 0.6) is 5.75 Å². The van der Waals surface area contributed by atoms with Crippen molar-refractivity contribution in [1.82, 2.24) is 14.8 Å². The normalized spacial score (nSPS) is 10.8. The van der Waals surface area contributed by atoms with Gasteiger partial charge in [0.15, 0.2) is 11.0 Å². The predicted molar refractivity (Wildman–Crippen MR) is 104 cm³/mol. The van der Waals surface area contributed by atoms with Gasteiger partial charge in [0.2, 0.25) is 0 Å². The van der Waals surface area contributed by atoms with Crippen LogP contribution in [-0.4, -0.2) is 27.6 Å². The molecule has 0 spiro atoms. The fourth-order valence-corrected chi connectivity index (χ4v) is 3.74. The number of nitrogens with zero attached hydrogens (tertiary/aromatic N) is 3. The van der Waals surface area contributed by atoms with Crippen molar-refractivity contribution >= 4 is 23.4 Å². The van der Waals surface area contributed by atoms with Crippen molar-refractivity contribution in [3.63, 3.8) is 0 Å². The molecule has 2 aromatic carbocycles. The molecule has 6 heteroatoms. The zero-order chi connectivity index (χ0) is 17.6. The average Bonchev–Trinajstić information content (AvgIpc) is 3.05. The van der Waals surface area contributed by atoms with Crippen LogP contribution < -0.4 is 4.74 Å². The van der Waals surface area contributed by atoms with E-state index in [0.717, 1.165) is 46.6 Å². The Morgan fingerprint density at radius 2 is 1.96 bits per heavy atom. The summed E-state index contributed by atoms with van der Waals surface area (Å²) >= 11 is 7.88. The van der Waals surface area contributed by atoms with E-state index in [1.165, 1.54) is 0 Å². The molecule has 0 unspecified atom stereocenters. The molecule has 0 saturated heterocycles. The number of unbranched alkanes of at least 4 members (excludes halogenated alkanes) is 1. The molecule has 1 aromatic heterocycles. The van der Waals surface area contributed by atoms with E-state index >= 15 is 0 Å². The van der Waals surface area contributed by atoms with Gasteiger partial charge in [0.25, 0.3) is 0 Å². The topological polar surface area (TPSA) is 39.9 Å². The van der Waals surface area contributed by atoms with Crippen molar-refractivity contribution in [3.8, 4) is 22.8 Å². The van der Waals surface area contributed by atoms with Gasteiger partial charge in [-0.15, -0.1) is 10.2 Å². The van der Waals surface area contributed by atoms with Crippen LogP contribution >= 0.6 is 23.4 Å². The molecule has 0 atom stereocenters. The molecule has 0 amide bonds. The first-order valence-electron chi connectivity index (χ1n) is 8.22. The van der Waals surface area contributed by atoms with Gasteiger partial charge in [-0.2, -0.15) is 0 Å². The summed E-state index contributed by atoms with van der Waals surface area (Å²) in [4.78, 5) is 0. The highest BCUT2D eigenvalue weighted by molar-refractivity contribution is 7.99. The third-order valence-electron chi connectivity index (χ3n) is 3.77.